The van der Waals surface area contributed by atoms with Gasteiger partial charge in [-0.3, -0.25) is 0 Å². The lowest BCUT2D eigenvalue weighted by Crippen LogP contribution is -2.28. The molecule has 1 aliphatic rings. The van der Waals surface area contributed by atoms with Crippen LogP contribution in [0.4, 0.5) is 0 Å². The van der Waals surface area contributed by atoms with Crippen LogP contribution in [0.15, 0.2) is 24.3 Å². The van der Waals surface area contributed by atoms with Crippen LogP contribution < -0.4 is 9.46 Å². The molecule has 0 heterocycles. The van der Waals surface area contributed by atoms with E-state index < -0.39 is 10.0 Å². The van der Waals surface area contributed by atoms with Gasteiger partial charge in [0.1, 0.15) is 5.75 Å². The maximum atomic E-state index is 11.5. The van der Waals surface area contributed by atoms with E-state index in [0.717, 1.165) is 24.2 Å². The molecule has 1 saturated carbocycles. The topological polar surface area (TPSA) is 55.4 Å². The van der Waals surface area contributed by atoms with Crippen LogP contribution in [-0.2, 0) is 16.4 Å². The Kier molecular flexibility index (Phi) is 6.06. The number of benzene rings is 1. The molecule has 2 rings (SSSR count). The normalized spacial score (nSPS) is 16.2. The van der Waals surface area contributed by atoms with E-state index in [2.05, 4.69) is 4.72 Å². The second-order valence-electron chi connectivity index (χ2n) is 5.63. The van der Waals surface area contributed by atoms with Gasteiger partial charge in [-0.25, -0.2) is 13.1 Å². The molecule has 0 atom stereocenters. The van der Waals surface area contributed by atoms with Gasteiger partial charge in [-0.1, -0.05) is 19.1 Å². The largest absolute Gasteiger partial charge is 0.490 e. The van der Waals surface area contributed by atoms with Crippen molar-refractivity contribution in [3.05, 3.63) is 29.8 Å². The van der Waals surface area contributed by atoms with Crippen LogP contribution in [0.1, 0.15) is 44.6 Å². The van der Waals surface area contributed by atoms with Crippen LogP contribution in [0.25, 0.3) is 0 Å². The van der Waals surface area contributed by atoms with Gasteiger partial charge in [0.2, 0.25) is 10.0 Å². The lowest BCUT2D eigenvalue weighted by atomic mass is 10.1. The smallest absolute Gasteiger partial charge is 0.211 e. The van der Waals surface area contributed by atoms with Crippen molar-refractivity contribution < 1.29 is 13.2 Å². The van der Waals surface area contributed by atoms with E-state index in [1.165, 1.54) is 12.8 Å². The lowest BCUT2D eigenvalue weighted by molar-refractivity contribution is 0.210. The molecule has 1 aliphatic carbocycles. The van der Waals surface area contributed by atoms with Crippen molar-refractivity contribution >= 4 is 10.0 Å². The monoisotopic (exact) mass is 311 g/mol. The summed E-state index contributed by atoms with van der Waals surface area (Å²) >= 11 is 0. The van der Waals surface area contributed by atoms with Gasteiger partial charge in [0.05, 0.1) is 11.9 Å². The highest BCUT2D eigenvalue weighted by atomic mass is 32.2. The predicted molar refractivity (Wildman–Crippen MR) is 85.1 cm³/mol. The Hall–Kier alpha value is -1.07. The highest BCUT2D eigenvalue weighted by Gasteiger charge is 2.16. The first kappa shape index (κ1) is 16.3. The number of hydrogen-bond acceptors (Lipinski definition) is 3. The van der Waals surface area contributed by atoms with Gasteiger partial charge in [-0.2, -0.15) is 0 Å². The second-order valence-corrected chi connectivity index (χ2v) is 7.56. The van der Waals surface area contributed by atoms with E-state index >= 15 is 0 Å². The van der Waals surface area contributed by atoms with Gasteiger partial charge in [0.15, 0.2) is 0 Å². The van der Waals surface area contributed by atoms with Crippen LogP contribution in [0.3, 0.4) is 0 Å². The van der Waals surface area contributed by atoms with Crippen molar-refractivity contribution in [3.63, 3.8) is 0 Å². The summed E-state index contributed by atoms with van der Waals surface area (Å²) in [6.45, 7) is 2.31. The Balaban J connectivity index is 1.77. The molecule has 0 aromatic heterocycles. The zero-order valence-electron chi connectivity index (χ0n) is 12.7. The highest BCUT2D eigenvalue weighted by molar-refractivity contribution is 7.89. The Morgan fingerprint density at radius 1 is 1.19 bits per heavy atom. The Labute approximate surface area is 127 Å². The molecule has 0 unspecified atom stereocenters. The fraction of sp³-hybridized carbons (Fsp3) is 0.625. The number of ether oxygens (including phenoxy) is 1. The fourth-order valence-corrected chi connectivity index (χ4v) is 3.72. The fourth-order valence-electron chi connectivity index (χ4n) is 2.63. The van der Waals surface area contributed by atoms with E-state index in [1.54, 1.807) is 0 Å². The van der Waals surface area contributed by atoms with Crippen LogP contribution in [0.5, 0.6) is 5.75 Å². The summed E-state index contributed by atoms with van der Waals surface area (Å²) in [7, 11) is -3.10. The highest BCUT2D eigenvalue weighted by Crippen LogP contribution is 2.24. The minimum absolute atomic E-state index is 0.196. The molecule has 0 bridgehead atoms. The maximum Gasteiger partial charge on any atom is 0.211 e. The molecule has 1 N–H and O–H groups in total. The molecule has 0 spiro atoms. The third kappa shape index (κ3) is 5.67. The quantitative estimate of drug-likeness (QED) is 0.803. The van der Waals surface area contributed by atoms with E-state index in [4.69, 9.17) is 4.74 Å². The minimum Gasteiger partial charge on any atom is -0.490 e. The number of rotatable bonds is 8. The van der Waals surface area contributed by atoms with Crippen LogP contribution in [-0.4, -0.2) is 26.8 Å². The van der Waals surface area contributed by atoms with E-state index in [9.17, 15) is 8.42 Å². The van der Waals surface area contributed by atoms with Gasteiger partial charge in [0, 0.05) is 6.54 Å². The third-order valence-corrected chi connectivity index (χ3v) is 5.33. The average Bonchev–Trinajstić information content (AvgIpc) is 2.93. The zero-order chi connectivity index (χ0) is 15.1. The Bertz CT molecular complexity index is 519. The molecule has 0 saturated heterocycles. The number of nitrogens with one attached hydrogen (secondary N) is 1. The molecule has 1 aromatic carbocycles. The summed E-state index contributed by atoms with van der Waals surface area (Å²) < 4.78 is 31.6. The molecule has 118 valence electrons. The molecule has 0 radical (unpaired) electrons. The van der Waals surface area contributed by atoms with Gasteiger partial charge in [0.25, 0.3) is 0 Å². The molecule has 5 heteroatoms. The van der Waals surface area contributed by atoms with Crippen LogP contribution in [0, 0.1) is 0 Å². The second kappa shape index (κ2) is 7.80. The maximum absolute atomic E-state index is 11.5. The number of hydrogen-bond donors (Lipinski definition) is 1. The van der Waals surface area contributed by atoms with Crippen molar-refractivity contribution in [2.75, 3.05) is 12.3 Å². The summed E-state index contributed by atoms with van der Waals surface area (Å²) in [6.07, 6.45) is 6.55. The van der Waals surface area contributed by atoms with Gasteiger partial charge >= 0.3 is 0 Å². The van der Waals surface area contributed by atoms with Gasteiger partial charge in [-0.05, 0) is 56.2 Å². The summed E-state index contributed by atoms with van der Waals surface area (Å²) in [6, 6.07) is 7.99. The van der Waals surface area contributed by atoms with Crippen molar-refractivity contribution in [2.45, 2.75) is 51.6 Å². The molecular formula is C16H25NO3S. The molecule has 1 fully saturated rings. The molecule has 0 aliphatic heterocycles. The zero-order valence-corrected chi connectivity index (χ0v) is 13.5. The van der Waals surface area contributed by atoms with Crippen molar-refractivity contribution in [3.8, 4) is 5.75 Å². The Morgan fingerprint density at radius 3 is 2.48 bits per heavy atom. The van der Waals surface area contributed by atoms with E-state index in [1.807, 2.05) is 31.2 Å². The van der Waals surface area contributed by atoms with Crippen molar-refractivity contribution in [1.29, 1.82) is 0 Å². The summed E-state index contributed by atoms with van der Waals surface area (Å²) in [5.41, 5.74) is 1.12. The minimum atomic E-state index is -3.10. The van der Waals surface area contributed by atoms with E-state index in [0.29, 0.717) is 25.5 Å². The van der Waals surface area contributed by atoms with E-state index in [-0.39, 0.29) is 5.75 Å². The summed E-state index contributed by atoms with van der Waals surface area (Å²) in [5.74, 6) is 1.11. The lowest BCUT2D eigenvalue weighted by Gasteiger charge is -2.13. The SMILES string of the molecule is CCCS(=O)(=O)NCCc1ccc(OC2CCCC2)cc1. The molecule has 0 amide bonds. The first-order chi connectivity index (χ1) is 10.1. The molecule has 21 heavy (non-hydrogen) atoms. The van der Waals surface area contributed by atoms with Gasteiger partial charge < -0.3 is 4.74 Å². The van der Waals surface area contributed by atoms with Crippen LogP contribution in [0.2, 0.25) is 0 Å². The number of sulfonamides is 1. The Morgan fingerprint density at radius 2 is 1.86 bits per heavy atom. The van der Waals surface area contributed by atoms with Gasteiger partial charge in [-0.15, -0.1) is 0 Å². The average molecular weight is 311 g/mol. The summed E-state index contributed by atoms with van der Waals surface area (Å²) in [4.78, 5) is 0. The van der Waals surface area contributed by atoms with Crippen molar-refractivity contribution in [2.24, 2.45) is 0 Å². The molecular weight excluding hydrogens is 286 g/mol. The third-order valence-electron chi connectivity index (χ3n) is 3.74. The predicted octanol–water partition coefficient (Wildman–Crippen LogP) is 2.88. The first-order valence-electron chi connectivity index (χ1n) is 7.82. The molecule has 1 aromatic rings. The molecule has 4 nitrogen and oxygen atoms in total. The standard InChI is InChI=1S/C16H25NO3S/c1-2-13-21(18,19)17-12-11-14-7-9-16(10-8-14)20-15-5-3-4-6-15/h7-10,15,17H,2-6,11-13H2,1H3. The first-order valence-corrected chi connectivity index (χ1v) is 9.47. The van der Waals surface area contributed by atoms with Crippen LogP contribution >= 0.6 is 0 Å². The summed E-state index contributed by atoms with van der Waals surface area (Å²) in [5, 5.41) is 0. The van der Waals surface area contributed by atoms with Crippen molar-refractivity contribution in [1.82, 2.24) is 4.72 Å².